The number of rotatable bonds is 1. The summed E-state index contributed by atoms with van der Waals surface area (Å²) in [6.07, 6.45) is 5.85. The highest BCUT2D eigenvalue weighted by molar-refractivity contribution is 5.43. The Morgan fingerprint density at radius 3 is 2.56 bits per heavy atom. The molecule has 3 rings (SSSR count). The highest BCUT2D eigenvalue weighted by Crippen LogP contribution is 2.38. The van der Waals surface area contributed by atoms with E-state index in [-0.39, 0.29) is 0 Å². The Labute approximate surface area is 95.7 Å². The number of aromatic nitrogens is 1. The highest BCUT2D eigenvalue weighted by atomic mass is 15.2. The van der Waals surface area contributed by atoms with Crippen LogP contribution in [0, 0.1) is 23.2 Å². The molecule has 3 nitrogen and oxygen atoms in total. The number of hydrogen-bond acceptors (Lipinski definition) is 3. The Balaban J connectivity index is 1.76. The summed E-state index contributed by atoms with van der Waals surface area (Å²) in [6.45, 7) is 2.31. The van der Waals surface area contributed by atoms with Crippen LogP contribution in [0.25, 0.3) is 0 Å². The first-order chi connectivity index (χ1) is 7.86. The van der Waals surface area contributed by atoms with Crippen LogP contribution in [0.3, 0.4) is 0 Å². The number of anilines is 1. The minimum atomic E-state index is 0.642. The number of fused-ring (bicyclic) bond motifs is 1. The van der Waals surface area contributed by atoms with Crippen LogP contribution in [0.1, 0.15) is 24.8 Å². The third-order valence-electron chi connectivity index (χ3n) is 3.93. The van der Waals surface area contributed by atoms with Gasteiger partial charge in [-0.05, 0) is 36.8 Å². The van der Waals surface area contributed by atoms with E-state index in [2.05, 4.69) is 16.0 Å². The molecular formula is C13H15N3. The molecule has 0 aromatic carbocycles. The van der Waals surface area contributed by atoms with Crippen LogP contribution in [0.15, 0.2) is 18.3 Å². The van der Waals surface area contributed by atoms with Gasteiger partial charge >= 0.3 is 0 Å². The predicted octanol–water partition coefficient (Wildman–Crippen LogP) is 2.19. The van der Waals surface area contributed by atoms with Crippen molar-refractivity contribution in [3.63, 3.8) is 0 Å². The number of nitrogens with zero attached hydrogens (tertiary/aromatic N) is 3. The van der Waals surface area contributed by atoms with E-state index in [9.17, 15) is 0 Å². The van der Waals surface area contributed by atoms with Crippen molar-refractivity contribution in [1.82, 2.24) is 4.98 Å². The lowest BCUT2D eigenvalue weighted by Crippen LogP contribution is -2.21. The molecule has 0 bridgehead atoms. The van der Waals surface area contributed by atoms with E-state index < -0.39 is 0 Å². The summed E-state index contributed by atoms with van der Waals surface area (Å²) in [5.41, 5.74) is 0.642. The highest BCUT2D eigenvalue weighted by Gasteiger charge is 2.36. The number of nitriles is 1. The Morgan fingerprint density at radius 1 is 1.25 bits per heavy atom. The van der Waals surface area contributed by atoms with Crippen LogP contribution in [0.5, 0.6) is 0 Å². The van der Waals surface area contributed by atoms with Gasteiger partial charge in [-0.3, -0.25) is 0 Å². The molecule has 16 heavy (non-hydrogen) atoms. The van der Waals surface area contributed by atoms with Crippen LogP contribution in [0.2, 0.25) is 0 Å². The van der Waals surface area contributed by atoms with Gasteiger partial charge in [0.25, 0.3) is 0 Å². The van der Waals surface area contributed by atoms with Crippen molar-refractivity contribution >= 4 is 5.82 Å². The largest absolute Gasteiger partial charge is 0.356 e. The van der Waals surface area contributed by atoms with Gasteiger partial charge in [-0.2, -0.15) is 5.26 Å². The minimum absolute atomic E-state index is 0.642. The maximum absolute atomic E-state index is 8.72. The van der Waals surface area contributed by atoms with Crippen molar-refractivity contribution in [3.05, 3.63) is 23.9 Å². The normalized spacial score (nSPS) is 27.8. The molecule has 1 aromatic rings. The SMILES string of the molecule is N#Cc1ccc(N2CC3CCCC3C2)nc1. The maximum atomic E-state index is 8.72. The molecule has 0 spiro atoms. The van der Waals surface area contributed by atoms with E-state index in [1.54, 1.807) is 6.20 Å². The number of hydrogen-bond donors (Lipinski definition) is 0. The molecule has 2 unspecified atom stereocenters. The quantitative estimate of drug-likeness (QED) is 0.718. The van der Waals surface area contributed by atoms with Crippen molar-refractivity contribution in [1.29, 1.82) is 5.26 Å². The Morgan fingerprint density at radius 2 is 2.00 bits per heavy atom. The van der Waals surface area contributed by atoms with Gasteiger partial charge in [0.2, 0.25) is 0 Å². The average Bonchev–Trinajstić information content (AvgIpc) is 2.89. The summed E-state index contributed by atoms with van der Waals surface area (Å²) in [5, 5.41) is 8.72. The lowest BCUT2D eigenvalue weighted by atomic mass is 10.0. The molecule has 0 radical (unpaired) electrons. The molecule has 1 aliphatic heterocycles. The Kier molecular flexibility index (Phi) is 2.28. The molecule has 2 atom stereocenters. The second-order valence-electron chi connectivity index (χ2n) is 4.87. The predicted molar refractivity (Wildman–Crippen MR) is 62.0 cm³/mol. The molecule has 2 heterocycles. The first kappa shape index (κ1) is 9.65. The van der Waals surface area contributed by atoms with Crippen LogP contribution in [0.4, 0.5) is 5.82 Å². The molecule has 2 fully saturated rings. The average molecular weight is 213 g/mol. The molecule has 82 valence electrons. The van der Waals surface area contributed by atoms with E-state index in [1.807, 2.05) is 12.1 Å². The summed E-state index contributed by atoms with van der Waals surface area (Å²) < 4.78 is 0. The van der Waals surface area contributed by atoms with Crippen LogP contribution >= 0.6 is 0 Å². The van der Waals surface area contributed by atoms with Gasteiger partial charge in [-0.15, -0.1) is 0 Å². The Hall–Kier alpha value is -1.56. The summed E-state index contributed by atoms with van der Waals surface area (Å²) in [5.74, 6) is 2.81. The first-order valence-corrected chi connectivity index (χ1v) is 5.98. The van der Waals surface area contributed by atoms with E-state index in [4.69, 9.17) is 5.26 Å². The van der Waals surface area contributed by atoms with Crippen LogP contribution < -0.4 is 4.90 Å². The fourth-order valence-electron chi connectivity index (χ4n) is 3.06. The minimum Gasteiger partial charge on any atom is -0.356 e. The third-order valence-corrected chi connectivity index (χ3v) is 3.93. The van der Waals surface area contributed by atoms with E-state index in [1.165, 1.54) is 19.3 Å². The van der Waals surface area contributed by atoms with Gasteiger partial charge in [0, 0.05) is 19.3 Å². The molecule has 0 N–H and O–H groups in total. The molecule has 1 aromatic heterocycles. The second kappa shape index (κ2) is 3.79. The van der Waals surface area contributed by atoms with E-state index in [0.717, 1.165) is 30.7 Å². The fraction of sp³-hybridized carbons (Fsp3) is 0.538. The van der Waals surface area contributed by atoms with Gasteiger partial charge in [0.15, 0.2) is 0 Å². The van der Waals surface area contributed by atoms with Gasteiger partial charge in [-0.25, -0.2) is 4.98 Å². The van der Waals surface area contributed by atoms with Crippen LogP contribution in [-0.4, -0.2) is 18.1 Å². The summed E-state index contributed by atoms with van der Waals surface area (Å²) in [4.78, 5) is 6.73. The van der Waals surface area contributed by atoms with Gasteiger partial charge in [-0.1, -0.05) is 6.42 Å². The smallest absolute Gasteiger partial charge is 0.128 e. The van der Waals surface area contributed by atoms with E-state index in [0.29, 0.717) is 5.56 Å². The standard InChI is InChI=1S/C13H15N3/c14-6-10-4-5-13(15-7-10)16-8-11-2-1-3-12(11)9-16/h4-5,7,11-12H,1-3,8-9H2. The molecule has 1 saturated carbocycles. The van der Waals surface area contributed by atoms with Gasteiger partial charge in [0.05, 0.1) is 5.56 Å². The molecule has 0 amide bonds. The van der Waals surface area contributed by atoms with Crippen molar-refractivity contribution < 1.29 is 0 Å². The third kappa shape index (κ3) is 1.55. The van der Waals surface area contributed by atoms with Crippen molar-refractivity contribution in [2.24, 2.45) is 11.8 Å². The van der Waals surface area contributed by atoms with E-state index >= 15 is 0 Å². The first-order valence-electron chi connectivity index (χ1n) is 5.98. The summed E-state index contributed by atoms with van der Waals surface area (Å²) >= 11 is 0. The van der Waals surface area contributed by atoms with Crippen molar-refractivity contribution in [3.8, 4) is 6.07 Å². The van der Waals surface area contributed by atoms with Gasteiger partial charge in [0.1, 0.15) is 11.9 Å². The topological polar surface area (TPSA) is 39.9 Å². The zero-order valence-corrected chi connectivity index (χ0v) is 9.26. The lowest BCUT2D eigenvalue weighted by molar-refractivity contribution is 0.494. The van der Waals surface area contributed by atoms with Crippen LogP contribution in [-0.2, 0) is 0 Å². The zero-order valence-electron chi connectivity index (χ0n) is 9.26. The second-order valence-corrected chi connectivity index (χ2v) is 4.87. The summed E-state index contributed by atoms with van der Waals surface area (Å²) in [7, 11) is 0. The molecule has 1 saturated heterocycles. The molecular weight excluding hydrogens is 198 g/mol. The van der Waals surface area contributed by atoms with Crippen molar-refractivity contribution in [2.75, 3.05) is 18.0 Å². The molecule has 3 heteroatoms. The molecule has 1 aliphatic carbocycles. The van der Waals surface area contributed by atoms with Crippen molar-refractivity contribution in [2.45, 2.75) is 19.3 Å². The monoisotopic (exact) mass is 213 g/mol. The fourth-order valence-corrected chi connectivity index (χ4v) is 3.06. The Bertz CT molecular complexity index is 406. The maximum Gasteiger partial charge on any atom is 0.128 e. The molecule has 2 aliphatic rings. The van der Waals surface area contributed by atoms with Gasteiger partial charge < -0.3 is 4.90 Å². The zero-order chi connectivity index (χ0) is 11.0. The number of pyridine rings is 1. The summed E-state index contributed by atoms with van der Waals surface area (Å²) in [6, 6.07) is 5.93. The lowest BCUT2D eigenvalue weighted by Gasteiger charge is -2.17.